The van der Waals surface area contributed by atoms with Crippen molar-refractivity contribution in [2.24, 2.45) is 5.92 Å². The van der Waals surface area contributed by atoms with Gasteiger partial charge in [0.15, 0.2) is 11.4 Å². The molecule has 2 rings (SSSR count). The van der Waals surface area contributed by atoms with Crippen molar-refractivity contribution in [2.45, 2.75) is 50.1 Å². The molecule has 0 spiro atoms. The molecule has 1 heterocycles. The Morgan fingerprint density at radius 2 is 2.26 bits per heavy atom. The fraction of sp³-hybridized carbons (Fsp3) is 0.643. The largest absolute Gasteiger partial charge is 0.488 e. The Hall–Kier alpha value is -1.17. The third-order valence-electron chi connectivity index (χ3n) is 3.91. The van der Waals surface area contributed by atoms with Crippen LogP contribution in [-0.2, 0) is 9.53 Å². The molecule has 4 atom stereocenters. The van der Waals surface area contributed by atoms with Crippen molar-refractivity contribution in [3.63, 3.8) is 0 Å². The summed E-state index contributed by atoms with van der Waals surface area (Å²) in [6, 6.07) is 0. The predicted octanol–water partition coefficient (Wildman–Crippen LogP) is 0.297. The first-order valence-electron chi connectivity index (χ1n) is 6.36. The lowest BCUT2D eigenvalue weighted by Crippen LogP contribution is -2.51. The van der Waals surface area contributed by atoms with E-state index in [1.54, 1.807) is 13.8 Å². The van der Waals surface area contributed by atoms with Crippen LogP contribution in [0.3, 0.4) is 0 Å². The summed E-state index contributed by atoms with van der Waals surface area (Å²) in [6.07, 6.45) is 1.21. The van der Waals surface area contributed by atoms with Crippen LogP contribution in [0.15, 0.2) is 24.5 Å². The molecule has 106 valence electrons. The smallest absolute Gasteiger partial charge is 0.165 e. The highest BCUT2D eigenvalue weighted by molar-refractivity contribution is 5.94. The third kappa shape index (κ3) is 2.22. The molecule has 0 bridgehead atoms. The van der Waals surface area contributed by atoms with Crippen LogP contribution >= 0.6 is 0 Å². The lowest BCUT2D eigenvalue weighted by molar-refractivity contribution is -0.134. The average Bonchev–Trinajstić information content (AvgIpc) is 2.63. The number of carbonyl (C=O) groups excluding carboxylic acids is 1. The first kappa shape index (κ1) is 14.2. The molecule has 3 N–H and O–H groups in total. The van der Waals surface area contributed by atoms with Crippen molar-refractivity contribution in [2.75, 3.05) is 0 Å². The fourth-order valence-electron chi connectivity index (χ4n) is 2.65. The minimum absolute atomic E-state index is 0.0532. The predicted molar refractivity (Wildman–Crippen MR) is 68.1 cm³/mol. The van der Waals surface area contributed by atoms with E-state index in [0.717, 1.165) is 0 Å². The Morgan fingerprint density at radius 1 is 1.63 bits per heavy atom. The van der Waals surface area contributed by atoms with E-state index in [1.807, 2.05) is 0 Å². The molecule has 0 aromatic heterocycles. The molecule has 0 unspecified atom stereocenters. The maximum Gasteiger partial charge on any atom is 0.165 e. The van der Waals surface area contributed by atoms with Crippen LogP contribution in [0.5, 0.6) is 0 Å². The Kier molecular flexibility index (Phi) is 3.33. The van der Waals surface area contributed by atoms with Crippen LogP contribution in [0.2, 0.25) is 0 Å². The summed E-state index contributed by atoms with van der Waals surface area (Å²) in [7, 11) is 0. The van der Waals surface area contributed by atoms with E-state index in [0.29, 0.717) is 6.42 Å². The van der Waals surface area contributed by atoms with Crippen LogP contribution in [0.1, 0.15) is 26.7 Å². The van der Waals surface area contributed by atoms with E-state index in [1.165, 1.54) is 12.2 Å². The van der Waals surface area contributed by atoms with E-state index >= 15 is 0 Å². The summed E-state index contributed by atoms with van der Waals surface area (Å²) in [6.45, 7) is 6.68. The number of ketones is 1. The number of ether oxygens (including phenoxy) is 1. The topological polar surface area (TPSA) is 87.0 Å². The molecule has 2 aliphatic rings. The van der Waals surface area contributed by atoms with Gasteiger partial charge in [0.05, 0.1) is 11.5 Å². The highest BCUT2D eigenvalue weighted by atomic mass is 16.5. The van der Waals surface area contributed by atoms with Crippen LogP contribution < -0.4 is 0 Å². The molecule has 5 nitrogen and oxygen atoms in total. The SMILES string of the molecule is C=CC[C@H]1C(=O)C=C2O[C@@H](C(C)(C)O)C[C@]2(O)[C@@H]1O. The van der Waals surface area contributed by atoms with Crippen LogP contribution in [0.4, 0.5) is 0 Å². The number of aliphatic hydroxyl groups is 3. The van der Waals surface area contributed by atoms with Crippen LogP contribution in [-0.4, -0.2) is 44.5 Å². The minimum atomic E-state index is -1.60. The van der Waals surface area contributed by atoms with E-state index in [4.69, 9.17) is 4.74 Å². The first-order chi connectivity index (χ1) is 8.70. The maximum absolute atomic E-state index is 11.9. The van der Waals surface area contributed by atoms with Gasteiger partial charge in [0, 0.05) is 12.5 Å². The van der Waals surface area contributed by atoms with Crippen molar-refractivity contribution in [1.82, 2.24) is 0 Å². The zero-order valence-electron chi connectivity index (χ0n) is 11.2. The second-order valence-corrected chi connectivity index (χ2v) is 5.88. The molecule has 0 aromatic rings. The molecule has 0 radical (unpaired) electrons. The van der Waals surface area contributed by atoms with Gasteiger partial charge in [-0.15, -0.1) is 6.58 Å². The Morgan fingerprint density at radius 3 is 2.79 bits per heavy atom. The van der Waals surface area contributed by atoms with Gasteiger partial charge in [-0.3, -0.25) is 4.79 Å². The van der Waals surface area contributed by atoms with Gasteiger partial charge in [0.1, 0.15) is 18.0 Å². The quantitative estimate of drug-likeness (QED) is 0.641. The van der Waals surface area contributed by atoms with Gasteiger partial charge in [-0.1, -0.05) is 6.08 Å². The van der Waals surface area contributed by atoms with Crippen molar-refractivity contribution < 1.29 is 24.9 Å². The fourth-order valence-corrected chi connectivity index (χ4v) is 2.65. The van der Waals surface area contributed by atoms with Gasteiger partial charge in [0.25, 0.3) is 0 Å². The van der Waals surface area contributed by atoms with Gasteiger partial charge in [0.2, 0.25) is 0 Å². The molecule has 19 heavy (non-hydrogen) atoms. The molecule has 0 aromatic carbocycles. The van der Waals surface area contributed by atoms with E-state index in [9.17, 15) is 20.1 Å². The Labute approximate surface area is 112 Å². The number of hydrogen-bond donors (Lipinski definition) is 3. The van der Waals surface area contributed by atoms with Gasteiger partial charge in [-0.25, -0.2) is 0 Å². The van der Waals surface area contributed by atoms with Gasteiger partial charge in [-0.05, 0) is 20.3 Å². The summed E-state index contributed by atoms with van der Waals surface area (Å²) in [4.78, 5) is 11.9. The normalized spacial score (nSPS) is 38.5. The van der Waals surface area contributed by atoms with Crippen molar-refractivity contribution >= 4 is 5.78 Å². The van der Waals surface area contributed by atoms with Crippen LogP contribution in [0, 0.1) is 5.92 Å². The number of rotatable bonds is 3. The number of allylic oxidation sites excluding steroid dienone is 2. The Balaban J connectivity index is 2.34. The summed E-state index contributed by atoms with van der Waals surface area (Å²) >= 11 is 0. The monoisotopic (exact) mass is 268 g/mol. The zero-order chi connectivity index (χ0) is 14.4. The van der Waals surface area contributed by atoms with E-state index < -0.39 is 29.3 Å². The lowest BCUT2D eigenvalue weighted by Gasteiger charge is -2.35. The van der Waals surface area contributed by atoms with Crippen LogP contribution in [0.25, 0.3) is 0 Å². The standard InChI is InChI=1S/C14H20O5/c1-4-5-8-9(15)6-10-14(18,12(8)16)7-11(19-10)13(2,3)17/h4,6,8,11-12,16-18H,1,5,7H2,2-3H3/t8-,11+,12+,14+/m0/s1. The van der Waals surface area contributed by atoms with E-state index in [2.05, 4.69) is 6.58 Å². The molecular weight excluding hydrogens is 248 g/mol. The summed E-state index contributed by atoms with van der Waals surface area (Å²) in [5.41, 5.74) is -2.77. The molecule has 0 saturated carbocycles. The molecule has 1 saturated heterocycles. The third-order valence-corrected chi connectivity index (χ3v) is 3.91. The molecule has 5 heteroatoms. The number of hydrogen-bond acceptors (Lipinski definition) is 5. The van der Waals surface area contributed by atoms with Gasteiger partial charge in [-0.2, -0.15) is 0 Å². The number of carbonyl (C=O) groups is 1. The van der Waals surface area contributed by atoms with Gasteiger partial charge < -0.3 is 20.1 Å². The van der Waals surface area contributed by atoms with Crippen molar-refractivity contribution in [3.8, 4) is 0 Å². The molecule has 0 amide bonds. The molecule has 1 fully saturated rings. The van der Waals surface area contributed by atoms with Crippen molar-refractivity contribution in [3.05, 3.63) is 24.5 Å². The van der Waals surface area contributed by atoms with Crippen molar-refractivity contribution in [1.29, 1.82) is 0 Å². The second-order valence-electron chi connectivity index (χ2n) is 5.88. The molecular formula is C14H20O5. The zero-order valence-corrected chi connectivity index (χ0v) is 11.2. The summed E-state index contributed by atoms with van der Waals surface area (Å²) in [5, 5.41) is 30.8. The lowest BCUT2D eigenvalue weighted by atomic mass is 9.74. The summed E-state index contributed by atoms with van der Waals surface area (Å²) < 4.78 is 5.45. The summed E-state index contributed by atoms with van der Waals surface area (Å²) in [5.74, 6) is -0.948. The molecule has 1 aliphatic heterocycles. The highest BCUT2D eigenvalue weighted by Gasteiger charge is 2.57. The number of aliphatic hydroxyl groups excluding tert-OH is 1. The molecule has 1 aliphatic carbocycles. The average molecular weight is 268 g/mol. The first-order valence-corrected chi connectivity index (χ1v) is 6.36. The van der Waals surface area contributed by atoms with Gasteiger partial charge >= 0.3 is 0 Å². The Bertz CT molecular complexity index is 434. The minimum Gasteiger partial charge on any atom is -0.488 e. The second kappa shape index (κ2) is 4.44. The highest BCUT2D eigenvalue weighted by Crippen LogP contribution is 2.45. The maximum atomic E-state index is 11.9. The number of fused-ring (bicyclic) bond motifs is 1. The van der Waals surface area contributed by atoms with E-state index in [-0.39, 0.29) is 18.0 Å².